The first-order valence-corrected chi connectivity index (χ1v) is 5.86. The molecule has 0 aromatic rings. The van der Waals surface area contributed by atoms with Gasteiger partial charge < -0.3 is 15.7 Å². The van der Waals surface area contributed by atoms with E-state index in [4.69, 9.17) is 5.11 Å². The molecule has 0 radical (unpaired) electrons. The number of hydrogen-bond acceptors (Lipinski definition) is 4. The highest BCUT2D eigenvalue weighted by molar-refractivity contribution is 6.06. The molecule has 106 valence electrons. The number of hydrogen-bond donors (Lipinski definition) is 3. The van der Waals surface area contributed by atoms with E-state index in [1.54, 1.807) is 13.8 Å². The van der Waals surface area contributed by atoms with Gasteiger partial charge in [0.2, 0.25) is 5.91 Å². The zero-order valence-electron chi connectivity index (χ0n) is 10.9. The van der Waals surface area contributed by atoms with Gasteiger partial charge in [0, 0.05) is 19.5 Å². The number of aliphatic carboxylic acids is 1. The van der Waals surface area contributed by atoms with Crippen molar-refractivity contribution in [1.29, 1.82) is 0 Å². The van der Waals surface area contributed by atoms with Crippen LogP contribution in [0, 0.1) is 0 Å². The Morgan fingerprint density at radius 1 is 1.32 bits per heavy atom. The largest absolute Gasteiger partial charge is 0.481 e. The zero-order valence-corrected chi connectivity index (χ0v) is 10.9. The van der Waals surface area contributed by atoms with Crippen molar-refractivity contribution in [2.45, 2.75) is 32.2 Å². The Morgan fingerprint density at radius 3 is 2.42 bits per heavy atom. The third kappa shape index (κ3) is 3.94. The number of urea groups is 1. The smallest absolute Gasteiger partial charge is 0.325 e. The summed E-state index contributed by atoms with van der Waals surface area (Å²) in [5.74, 6) is -1.78. The van der Waals surface area contributed by atoms with Crippen molar-refractivity contribution in [3.8, 4) is 0 Å². The molecule has 0 atom stereocenters. The fraction of sp³-hybridized carbons (Fsp3) is 0.636. The van der Waals surface area contributed by atoms with Gasteiger partial charge in [0.15, 0.2) is 0 Å². The summed E-state index contributed by atoms with van der Waals surface area (Å²) >= 11 is 0. The molecule has 0 spiro atoms. The van der Waals surface area contributed by atoms with Gasteiger partial charge in [-0.2, -0.15) is 0 Å². The van der Waals surface area contributed by atoms with Crippen LogP contribution in [0.5, 0.6) is 0 Å². The highest BCUT2D eigenvalue weighted by Gasteiger charge is 2.43. The number of nitrogens with one attached hydrogen (secondary N) is 2. The Hall–Kier alpha value is -2.12. The molecule has 4 amide bonds. The predicted molar refractivity (Wildman–Crippen MR) is 64.2 cm³/mol. The van der Waals surface area contributed by atoms with Gasteiger partial charge in [0.25, 0.3) is 5.91 Å². The maximum Gasteiger partial charge on any atom is 0.325 e. The van der Waals surface area contributed by atoms with Crippen LogP contribution in [-0.2, 0) is 14.4 Å². The number of carbonyl (C=O) groups is 4. The van der Waals surface area contributed by atoms with Crippen LogP contribution in [0.4, 0.5) is 4.79 Å². The Bertz CT molecular complexity index is 419. The van der Waals surface area contributed by atoms with E-state index in [1.807, 2.05) is 0 Å². The molecule has 8 nitrogen and oxygen atoms in total. The van der Waals surface area contributed by atoms with Crippen molar-refractivity contribution < 1.29 is 24.3 Å². The van der Waals surface area contributed by atoms with Crippen LogP contribution in [0.2, 0.25) is 0 Å². The van der Waals surface area contributed by atoms with Crippen LogP contribution in [0.1, 0.15) is 26.7 Å². The zero-order chi connectivity index (χ0) is 14.6. The number of carboxylic acids is 1. The van der Waals surface area contributed by atoms with Crippen molar-refractivity contribution in [2.75, 3.05) is 13.1 Å². The second-order valence-electron chi connectivity index (χ2n) is 4.76. The Morgan fingerprint density at radius 2 is 1.95 bits per heavy atom. The Balaban J connectivity index is 2.37. The van der Waals surface area contributed by atoms with E-state index in [9.17, 15) is 19.2 Å². The average molecular weight is 271 g/mol. The van der Waals surface area contributed by atoms with Crippen LogP contribution in [0.25, 0.3) is 0 Å². The summed E-state index contributed by atoms with van der Waals surface area (Å²) in [5.41, 5.74) is -0.948. The minimum absolute atomic E-state index is 0.0208. The van der Waals surface area contributed by atoms with E-state index in [1.165, 1.54) is 0 Å². The first kappa shape index (κ1) is 14.9. The first-order valence-electron chi connectivity index (χ1n) is 5.86. The average Bonchev–Trinajstić information content (AvgIpc) is 2.46. The lowest BCUT2D eigenvalue weighted by Crippen LogP contribution is -2.40. The first-order chi connectivity index (χ1) is 8.74. The lowest BCUT2D eigenvalue weighted by atomic mass is 10.1. The standard InChI is InChI=1S/C11H17N3O5/c1-11(2)9(18)14(10(19)13-11)6-4-7(15)12-5-3-8(16)17/h3-6H2,1-2H3,(H,12,15)(H,13,19)(H,16,17). The molecule has 0 aliphatic carbocycles. The normalized spacial score (nSPS) is 17.3. The third-order valence-corrected chi connectivity index (χ3v) is 2.67. The minimum Gasteiger partial charge on any atom is -0.481 e. The molecule has 0 bridgehead atoms. The lowest BCUT2D eigenvalue weighted by Gasteiger charge is -2.15. The summed E-state index contributed by atoms with van der Waals surface area (Å²) in [6.45, 7) is 3.17. The van der Waals surface area contributed by atoms with Gasteiger partial charge in [-0.15, -0.1) is 0 Å². The number of carbonyl (C=O) groups excluding carboxylic acids is 3. The molecule has 1 rings (SSSR count). The minimum atomic E-state index is -1.00. The summed E-state index contributed by atoms with van der Waals surface area (Å²) in [6, 6.07) is -0.520. The van der Waals surface area contributed by atoms with Gasteiger partial charge >= 0.3 is 12.0 Å². The molecule has 1 heterocycles. The van der Waals surface area contributed by atoms with Gasteiger partial charge in [0.1, 0.15) is 5.54 Å². The van der Waals surface area contributed by atoms with Gasteiger partial charge in [-0.1, -0.05) is 0 Å². The van der Waals surface area contributed by atoms with Crippen molar-refractivity contribution in [2.24, 2.45) is 0 Å². The molecule has 1 fully saturated rings. The molecule has 0 unspecified atom stereocenters. The monoisotopic (exact) mass is 271 g/mol. The molecule has 0 aromatic carbocycles. The van der Waals surface area contributed by atoms with E-state index in [-0.39, 0.29) is 31.8 Å². The van der Waals surface area contributed by atoms with Gasteiger partial charge in [-0.05, 0) is 13.8 Å². The molecule has 3 N–H and O–H groups in total. The van der Waals surface area contributed by atoms with E-state index in [2.05, 4.69) is 10.6 Å². The number of imide groups is 1. The SMILES string of the molecule is CC1(C)NC(=O)N(CCC(=O)NCCC(=O)O)C1=O. The second-order valence-corrected chi connectivity index (χ2v) is 4.76. The molecular formula is C11H17N3O5. The highest BCUT2D eigenvalue weighted by Crippen LogP contribution is 2.16. The number of nitrogens with zero attached hydrogens (tertiary/aromatic N) is 1. The van der Waals surface area contributed by atoms with Crippen LogP contribution in [0.3, 0.4) is 0 Å². The maximum absolute atomic E-state index is 11.8. The molecule has 1 aliphatic rings. The summed E-state index contributed by atoms with van der Waals surface area (Å²) in [7, 11) is 0. The number of rotatable bonds is 6. The second kappa shape index (κ2) is 5.68. The van der Waals surface area contributed by atoms with Crippen LogP contribution in [-0.4, -0.2) is 52.4 Å². The topological polar surface area (TPSA) is 116 Å². The van der Waals surface area contributed by atoms with Crippen LogP contribution >= 0.6 is 0 Å². The van der Waals surface area contributed by atoms with E-state index >= 15 is 0 Å². The number of amides is 4. The quantitative estimate of drug-likeness (QED) is 0.552. The lowest BCUT2D eigenvalue weighted by molar-refractivity contribution is -0.137. The molecule has 19 heavy (non-hydrogen) atoms. The van der Waals surface area contributed by atoms with E-state index in [0.29, 0.717) is 0 Å². The molecule has 8 heteroatoms. The summed E-state index contributed by atoms with van der Waals surface area (Å²) < 4.78 is 0. The van der Waals surface area contributed by atoms with Crippen LogP contribution in [0.15, 0.2) is 0 Å². The van der Waals surface area contributed by atoms with Crippen molar-refractivity contribution in [3.05, 3.63) is 0 Å². The summed E-state index contributed by atoms with van der Waals surface area (Å²) in [6.07, 6.45) is -0.212. The van der Waals surface area contributed by atoms with Crippen LogP contribution < -0.4 is 10.6 Å². The fourth-order valence-electron chi connectivity index (χ4n) is 1.63. The van der Waals surface area contributed by atoms with Crippen molar-refractivity contribution in [1.82, 2.24) is 15.5 Å². The summed E-state index contributed by atoms with van der Waals surface area (Å²) in [4.78, 5) is 45.9. The maximum atomic E-state index is 11.8. The van der Waals surface area contributed by atoms with E-state index < -0.39 is 23.4 Å². The van der Waals surface area contributed by atoms with Crippen molar-refractivity contribution >= 4 is 23.8 Å². The molecule has 0 saturated carbocycles. The van der Waals surface area contributed by atoms with Crippen molar-refractivity contribution in [3.63, 3.8) is 0 Å². The molecular weight excluding hydrogens is 254 g/mol. The Labute approximate surface area is 110 Å². The van der Waals surface area contributed by atoms with E-state index in [0.717, 1.165) is 4.90 Å². The fourth-order valence-corrected chi connectivity index (χ4v) is 1.63. The third-order valence-electron chi connectivity index (χ3n) is 2.67. The van der Waals surface area contributed by atoms with Gasteiger partial charge in [-0.25, -0.2) is 4.79 Å². The van der Waals surface area contributed by atoms with Gasteiger partial charge in [0.05, 0.1) is 6.42 Å². The molecule has 1 aliphatic heterocycles. The summed E-state index contributed by atoms with van der Waals surface area (Å²) in [5, 5.41) is 13.3. The van der Waals surface area contributed by atoms with Gasteiger partial charge in [-0.3, -0.25) is 19.3 Å². The highest BCUT2D eigenvalue weighted by atomic mass is 16.4. The number of carboxylic acid groups (broad SMARTS) is 1. The molecule has 0 aromatic heterocycles. The Kier molecular flexibility index (Phi) is 4.47. The predicted octanol–water partition coefficient (Wildman–Crippen LogP) is -0.702. The molecule has 1 saturated heterocycles.